The molecule has 1 rings (SSSR count). The molecule has 1 aromatic rings. The van der Waals surface area contributed by atoms with Crippen molar-refractivity contribution in [2.45, 2.75) is 0 Å². The third-order valence-corrected chi connectivity index (χ3v) is 1.85. The molecule has 0 atom stereocenters. The van der Waals surface area contributed by atoms with E-state index < -0.39 is 53.3 Å². The third kappa shape index (κ3) is 3.09. The van der Waals surface area contributed by atoms with Crippen LogP contribution in [0.1, 0.15) is 0 Å². The molecule has 0 spiro atoms. The van der Waals surface area contributed by atoms with Crippen LogP contribution in [0.25, 0.3) is 0 Å². The van der Waals surface area contributed by atoms with Crippen molar-refractivity contribution in [1.82, 2.24) is 5.32 Å². The number of carbonyl (C=O) groups is 2. The zero-order valence-electron chi connectivity index (χ0n) is 8.86. The summed E-state index contributed by atoms with van der Waals surface area (Å²) in [4.78, 5) is 21.1. The maximum atomic E-state index is 13.1. The van der Waals surface area contributed by atoms with Crippen LogP contribution in [0, 0.1) is 29.1 Å². The number of carboxylic acid groups (broad SMARTS) is 1. The first-order valence-electron chi connectivity index (χ1n) is 4.53. The van der Waals surface area contributed by atoms with E-state index in [1.807, 2.05) is 0 Å². The summed E-state index contributed by atoms with van der Waals surface area (Å²) in [5.74, 6) is -12.8. The molecule has 0 saturated heterocycles. The van der Waals surface area contributed by atoms with E-state index in [1.165, 1.54) is 5.32 Å². The van der Waals surface area contributed by atoms with Crippen molar-refractivity contribution in [2.24, 2.45) is 0 Å². The summed E-state index contributed by atoms with van der Waals surface area (Å²) in [6.45, 7) is -0.902. The van der Waals surface area contributed by atoms with E-state index in [-0.39, 0.29) is 0 Å². The van der Waals surface area contributed by atoms with Gasteiger partial charge in [-0.1, -0.05) is 0 Å². The average molecular weight is 284 g/mol. The maximum Gasteiger partial charge on any atom is 0.323 e. The van der Waals surface area contributed by atoms with Crippen LogP contribution >= 0.6 is 0 Å². The number of halogens is 5. The minimum absolute atomic E-state index is 0.902. The van der Waals surface area contributed by atoms with Crippen LogP contribution in [0.2, 0.25) is 0 Å². The Hall–Kier alpha value is -2.39. The summed E-state index contributed by atoms with van der Waals surface area (Å²) in [7, 11) is 0. The van der Waals surface area contributed by atoms with Crippen LogP contribution in [0.5, 0.6) is 0 Å². The highest BCUT2D eigenvalue weighted by molar-refractivity contribution is 5.91. The van der Waals surface area contributed by atoms with Crippen LogP contribution < -0.4 is 10.6 Å². The molecule has 3 N–H and O–H groups in total. The van der Waals surface area contributed by atoms with Crippen molar-refractivity contribution in [3.05, 3.63) is 29.1 Å². The zero-order chi connectivity index (χ0) is 14.7. The van der Waals surface area contributed by atoms with E-state index in [0.29, 0.717) is 0 Å². The van der Waals surface area contributed by atoms with Crippen LogP contribution in [-0.2, 0) is 4.79 Å². The van der Waals surface area contributed by atoms with Crippen molar-refractivity contribution >= 4 is 17.7 Å². The summed E-state index contributed by atoms with van der Waals surface area (Å²) >= 11 is 0. The number of benzene rings is 1. The summed E-state index contributed by atoms with van der Waals surface area (Å²) in [5.41, 5.74) is -1.57. The Morgan fingerprint density at radius 2 is 1.32 bits per heavy atom. The molecule has 0 aromatic heterocycles. The number of nitrogens with one attached hydrogen (secondary N) is 2. The van der Waals surface area contributed by atoms with E-state index in [1.54, 1.807) is 5.32 Å². The molecular weight excluding hydrogens is 279 g/mol. The number of hydrogen-bond donors (Lipinski definition) is 3. The van der Waals surface area contributed by atoms with Crippen molar-refractivity contribution in [3.8, 4) is 0 Å². The molecule has 0 aliphatic heterocycles. The largest absolute Gasteiger partial charge is 0.480 e. The Morgan fingerprint density at radius 3 is 1.74 bits per heavy atom. The highest BCUT2D eigenvalue weighted by atomic mass is 19.2. The minimum atomic E-state index is -2.37. The molecule has 0 radical (unpaired) electrons. The van der Waals surface area contributed by atoms with E-state index in [2.05, 4.69) is 0 Å². The third-order valence-electron chi connectivity index (χ3n) is 1.85. The van der Waals surface area contributed by atoms with Gasteiger partial charge in [0.05, 0.1) is 0 Å². The van der Waals surface area contributed by atoms with Gasteiger partial charge in [-0.05, 0) is 0 Å². The van der Waals surface area contributed by atoms with Crippen LogP contribution in [-0.4, -0.2) is 23.7 Å². The van der Waals surface area contributed by atoms with E-state index in [9.17, 15) is 31.5 Å². The Balaban J connectivity index is 3.02. The van der Waals surface area contributed by atoms with Crippen molar-refractivity contribution in [3.63, 3.8) is 0 Å². The lowest BCUT2D eigenvalue weighted by atomic mass is 10.2. The second kappa shape index (κ2) is 5.50. The number of carbonyl (C=O) groups excluding carboxylic acids is 1. The van der Waals surface area contributed by atoms with Gasteiger partial charge in [-0.15, -0.1) is 0 Å². The van der Waals surface area contributed by atoms with Gasteiger partial charge < -0.3 is 15.7 Å². The minimum Gasteiger partial charge on any atom is -0.480 e. The number of urea groups is 1. The summed E-state index contributed by atoms with van der Waals surface area (Å²) in [5, 5.41) is 11.2. The molecular formula is C9H5F5N2O3. The standard InChI is InChI=1S/C9H5F5N2O3/c10-3-4(11)6(13)8(7(14)5(3)12)16-9(19)15-1-2(17)18/h1H2,(H,17,18)(H2,15,16,19). The highest BCUT2D eigenvalue weighted by Crippen LogP contribution is 2.26. The molecule has 0 saturated carbocycles. The van der Waals surface area contributed by atoms with Gasteiger partial charge >= 0.3 is 12.0 Å². The topological polar surface area (TPSA) is 78.4 Å². The van der Waals surface area contributed by atoms with E-state index >= 15 is 0 Å². The predicted molar refractivity (Wildman–Crippen MR) is 50.9 cm³/mol. The summed E-state index contributed by atoms with van der Waals surface area (Å²) in [6.07, 6.45) is 0. The Bertz CT molecular complexity index is 520. The Labute approximate surface area is 102 Å². The van der Waals surface area contributed by atoms with Gasteiger partial charge in [0, 0.05) is 0 Å². The fourth-order valence-electron chi connectivity index (χ4n) is 1.03. The van der Waals surface area contributed by atoms with Gasteiger partial charge in [0.2, 0.25) is 5.82 Å². The number of rotatable bonds is 3. The summed E-state index contributed by atoms with van der Waals surface area (Å²) < 4.78 is 64.3. The second-order valence-electron chi connectivity index (χ2n) is 3.15. The molecule has 10 heteroatoms. The fraction of sp³-hybridized carbons (Fsp3) is 0.111. The fourth-order valence-corrected chi connectivity index (χ4v) is 1.03. The molecule has 2 amide bonds. The number of aliphatic carboxylic acids is 1. The van der Waals surface area contributed by atoms with Gasteiger partial charge in [0.25, 0.3) is 0 Å². The van der Waals surface area contributed by atoms with Crippen LogP contribution in [0.4, 0.5) is 32.4 Å². The Kier molecular flexibility index (Phi) is 4.25. The first-order valence-corrected chi connectivity index (χ1v) is 4.53. The van der Waals surface area contributed by atoms with Crippen LogP contribution in [0.15, 0.2) is 0 Å². The average Bonchev–Trinajstić information content (AvgIpc) is 2.36. The molecule has 0 aliphatic carbocycles. The van der Waals surface area contributed by atoms with Gasteiger partial charge in [0.1, 0.15) is 12.2 Å². The van der Waals surface area contributed by atoms with Crippen molar-refractivity contribution in [1.29, 1.82) is 0 Å². The highest BCUT2D eigenvalue weighted by Gasteiger charge is 2.26. The first kappa shape index (κ1) is 14.7. The Morgan fingerprint density at radius 1 is 0.895 bits per heavy atom. The molecule has 0 heterocycles. The smallest absolute Gasteiger partial charge is 0.323 e. The lowest BCUT2D eigenvalue weighted by Gasteiger charge is -2.09. The lowest BCUT2D eigenvalue weighted by molar-refractivity contribution is -0.135. The number of carboxylic acids is 1. The molecule has 19 heavy (non-hydrogen) atoms. The van der Waals surface area contributed by atoms with Gasteiger partial charge in [-0.25, -0.2) is 26.7 Å². The SMILES string of the molecule is O=C(O)CNC(=O)Nc1c(F)c(F)c(F)c(F)c1F. The molecule has 1 aromatic carbocycles. The number of hydrogen-bond acceptors (Lipinski definition) is 2. The normalized spacial score (nSPS) is 10.2. The van der Waals surface area contributed by atoms with Gasteiger partial charge in [-0.3, -0.25) is 4.79 Å². The van der Waals surface area contributed by atoms with Gasteiger partial charge in [0.15, 0.2) is 23.3 Å². The first-order chi connectivity index (χ1) is 8.75. The molecule has 0 fully saturated rings. The zero-order valence-corrected chi connectivity index (χ0v) is 8.86. The lowest BCUT2D eigenvalue weighted by Crippen LogP contribution is -2.34. The van der Waals surface area contributed by atoms with E-state index in [4.69, 9.17) is 5.11 Å². The quantitative estimate of drug-likeness (QED) is 0.448. The number of anilines is 1. The van der Waals surface area contributed by atoms with Crippen molar-refractivity contribution in [2.75, 3.05) is 11.9 Å². The maximum absolute atomic E-state index is 13.1. The van der Waals surface area contributed by atoms with Crippen molar-refractivity contribution < 1.29 is 36.6 Å². The second-order valence-corrected chi connectivity index (χ2v) is 3.15. The monoisotopic (exact) mass is 284 g/mol. The molecule has 0 aliphatic rings. The molecule has 104 valence electrons. The van der Waals surface area contributed by atoms with Gasteiger partial charge in [-0.2, -0.15) is 0 Å². The molecule has 0 unspecified atom stereocenters. The summed E-state index contributed by atoms with van der Waals surface area (Å²) in [6, 6.07) is -1.44. The molecule has 0 bridgehead atoms. The number of amides is 2. The molecule has 5 nitrogen and oxygen atoms in total. The predicted octanol–water partition coefficient (Wildman–Crippen LogP) is 1.59. The van der Waals surface area contributed by atoms with Crippen LogP contribution in [0.3, 0.4) is 0 Å². The van der Waals surface area contributed by atoms with E-state index in [0.717, 1.165) is 0 Å².